The molecule has 0 bridgehead atoms. The SMILES string of the molecule is CCc1cc2nc(N[C@@H](C)c3cccnc3)nc(C(=O)N3CCCC3)c2s1.C[C@H](Nc1nc(C(=O)N2CCCC2)c2sc(Cl)cc2n1)c1cccnc1. The molecule has 0 saturated carbocycles. The maximum atomic E-state index is 13.1. The molecule has 8 rings (SSSR count). The van der Waals surface area contributed by atoms with Crippen molar-refractivity contribution in [2.24, 2.45) is 0 Å². The van der Waals surface area contributed by atoms with E-state index in [1.54, 1.807) is 36.0 Å². The van der Waals surface area contributed by atoms with Gasteiger partial charge < -0.3 is 20.4 Å². The first-order chi connectivity index (χ1) is 25.8. The van der Waals surface area contributed by atoms with Gasteiger partial charge in [-0.1, -0.05) is 30.7 Å². The zero-order chi connectivity index (χ0) is 36.9. The van der Waals surface area contributed by atoms with Gasteiger partial charge in [-0.15, -0.1) is 22.7 Å². The Bertz CT molecular complexity index is 2200. The molecule has 6 aromatic rings. The number of nitrogens with zero attached hydrogens (tertiary/aromatic N) is 8. The Kier molecular flexibility index (Phi) is 11.4. The summed E-state index contributed by atoms with van der Waals surface area (Å²) < 4.78 is 2.23. The maximum Gasteiger partial charge on any atom is 0.274 e. The van der Waals surface area contributed by atoms with Crippen LogP contribution in [0.3, 0.4) is 0 Å². The molecule has 2 aliphatic heterocycles. The van der Waals surface area contributed by atoms with Crippen molar-refractivity contribution < 1.29 is 9.59 Å². The average Bonchev–Trinajstić information content (AvgIpc) is 4.02. The smallest absolute Gasteiger partial charge is 0.274 e. The lowest BCUT2D eigenvalue weighted by molar-refractivity contribution is 0.0782. The van der Waals surface area contributed by atoms with Gasteiger partial charge in [-0.05, 0) is 81.3 Å². The van der Waals surface area contributed by atoms with Gasteiger partial charge in [-0.3, -0.25) is 19.6 Å². The van der Waals surface area contributed by atoms with Gasteiger partial charge in [0.15, 0.2) is 11.4 Å². The van der Waals surface area contributed by atoms with Crippen molar-refractivity contribution in [3.05, 3.63) is 92.9 Å². The quantitative estimate of drug-likeness (QED) is 0.148. The number of aryl methyl sites for hydroxylation is 1. The number of pyridine rings is 2. The van der Waals surface area contributed by atoms with Crippen LogP contribution in [0.25, 0.3) is 20.4 Å². The molecule has 2 N–H and O–H groups in total. The monoisotopic (exact) mass is 768 g/mol. The molecule has 2 fully saturated rings. The van der Waals surface area contributed by atoms with E-state index in [2.05, 4.69) is 53.5 Å². The third-order valence-electron chi connectivity index (χ3n) is 9.36. The van der Waals surface area contributed by atoms with E-state index in [0.29, 0.717) is 33.1 Å². The number of carbonyl (C=O) groups excluding carboxylic acids is 2. The van der Waals surface area contributed by atoms with Gasteiger partial charge in [0.25, 0.3) is 11.8 Å². The van der Waals surface area contributed by atoms with Crippen LogP contribution in [0.2, 0.25) is 4.34 Å². The number of fused-ring (bicyclic) bond motifs is 2. The third kappa shape index (κ3) is 8.40. The van der Waals surface area contributed by atoms with Crippen LogP contribution in [0.15, 0.2) is 61.2 Å². The Labute approximate surface area is 321 Å². The second kappa shape index (κ2) is 16.5. The number of amides is 2. The predicted molar refractivity (Wildman–Crippen MR) is 212 cm³/mol. The molecule has 274 valence electrons. The van der Waals surface area contributed by atoms with Crippen LogP contribution in [0.4, 0.5) is 11.9 Å². The van der Waals surface area contributed by atoms with Gasteiger partial charge in [0.05, 0.1) is 36.9 Å². The van der Waals surface area contributed by atoms with E-state index in [-0.39, 0.29) is 23.9 Å². The number of halogens is 1. The summed E-state index contributed by atoms with van der Waals surface area (Å²) in [7, 11) is 0. The van der Waals surface area contributed by atoms with Gasteiger partial charge >= 0.3 is 0 Å². The van der Waals surface area contributed by atoms with Crippen molar-refractivity contribution >= 4 is 78.4 Å². The molecular weight excluding hydrogens is 728 g/mol. The summed E-state index contributed by atoms with van der Waals surface area (Å²) in [4.78, 5) is 57.7. The number of hydrogen-bond donors (Lipinski definition) is 2. The molecule has 0 aromatic carbocycles. The van der Waals surface area contributed by atoms with Crippen molar-refractivity contribution in [3.63, 3.8) is 0 Å². The van der Waals surface area contributed by atoms with Crippen LogP contribution < -0.4 is 10.6 Å². The van der Waals surface area contributed by atoms with E-state index in [4.69, 9.17) is 11.6 Å². The van der Waals surface area contributed by atoms with Gasteiger partial charge in [-0.2, -0.15) is 0 Å². The van der Waals surface area contributed by atoms with E-state index in [9.17, 15) is 9.59 Å². The molecule has 15 heteroatoms. The van der Waals surface area contributed by atoms with E-state index >= 15 is 0 Å². The highest BCUT2D eigenvalue weighted by molar-refractivity contribution is 7.23. The highest BCUT2D eigenvalue weighted by atomic mass is 35.5. The topological polar surface area (TPSA) is 142 Å². The number of anilines is 2. The lowest BCUT2D eigenvalue weighted by Gasteiger charge is -2.17. The van der Waals surface area contributed by atoms with Crippen molar-refractivity contribution in [2.75, 3.05) is 36.8 Å². The van der Waals surface area contributed by atoms with Crippen LogP contribution in [0.5, 0.6) is 0 Å². The Morgan fingerprint density at radius 3 is 1.66 bits per heavy atom. The molecule has 0 unspecified atom stereocenters. The first-order valence-electron chi connectivity index (χ1n) is 18.0. The molecular formula is C38H41ClN10O2S2. The van der Waals surface area contributed by atoms with E-state index in [1.165, 1.54) is 16.2 Å². The summed E-state index contributed by atoms with van der Waals surface area (Å²) in [6.07, 6.45) is 12.2. The summed E-state index contributed by atoms with van der Waals surface area (Å²) in [6, 6.07) is 11.6. The second-order valence-electron chi connectivity index (χ2n) is 13.1. The molecule has 2 atom stereocenters. The lowest BCUT2D eigenvalue weighted by Crippen LogP contribution is -2.28. The van der Waals surface area contributed by atoms with Gasteiger partial charge in [-0.25, -0.2) is 19.9 Å². The minimum Gasteiger partial charge on any atom is -0.348 e. The zero-order valence-electron chi connectivity index (χ0n) is 29.9. The molecule has 12 nitrogen and oxygen atoms in total. The minimum atomic E-state index is -0.0505. The fourth-order valence-electron chi connectivity index (χ4n) is 6.43. The number of rotatable bonds is 9. The number of likely N-dealkylation sites (tertiary alicyclic amines) is 2. The Balaban J connectivity index is 0.000000164. The van der Waals surface area contributed by atoms with Gasteiger partial charge in [0.2, 0.25) is 11.9 Å². The molecule has 0 spiro atoms. The summed E-state index contributed by atoms with van der Waals surface area (Å²) in [5.41, 5.74) is 4.55. The number of carbonyl (C=O) groups is 2. The first kappa shape index (κ1) is 36.6. The molecule has 6 aromatic heterocycles. The summed E-state index contributed by atoms with van der Waals surface area (Å²) in [5.74, 6) is 0.875. The molecule has 2 aliphatic rings. The molecule has 2 saturated heterocycles. The van der Waals surface area contributed by atoms with Crippen LogP contribution in [-0.2, 0) is 6.42 Å². The molecule has 0 aliphatic carbocycles. The van der Waals surface area contributed by atoms with Crippen LogP contribution in [0.1, 0.15) is 95.5 Å². The van der Waals surface area contributed by atoms with Gasteiger partial charge in [0.1, 0.15) is 0 Å². The van der Waals surface area contributed by atoms with Crippen LogP contribution in [-0.4, -0.2) is 77.7 Å². The number of nitrogens with one attached hydrogen (secondary N) is 2. The van der Waals surface area contributed by atoms with Crippen molar-refractivity contribution in [3.8, 4) is 0 Å². The molecule has 2 amide bonds. The first-order valence-corrected chi connectivity index (χ1v) is 20.0. The second-order valence-corrected chi connectivity index (χ2v) is 16.0. The Morgan fingerprint density at radius 2 is 1.21 bits per heavy atom. The zero-order valence-corrected chi connectivity index (χ0v) is 32.3. The van der Waals surface area contributed by atoms with Crippen molar-refractivity contribution in [1.29, 1.82) is 0 Å². The minimum absolute atomic E-state index is 0.00447. The van der Waals surface area contributed by atoms with Crippen LogP contribution in [0, 0.1) is 0 Å². The van der Waals surface area contributed by atoms with Gasteiger partial charge in [0, 0.05) is 55.8 Å². The summed E-state index contributed by atoms with van der Waals surface area (Å²) in [5, 5.41) is 6.61. The van der Waals surface area contributed by atoms with Crippen molar-refractivity contribution in [1.82, 2.24) is 39.7 Å². The third-order valence-corrected chi connectivity index (χ3v) is 11.9. The number of aromatic nitrogens is 6. The highest BCUT2D eigenvalue weighted by Gasteiger charge is 2.27. The number of thiophene rings is 2. The van der Waals surface area contributed by atoms with Crippen LogP contribution >= 0.6 is 34.3 Å². The predicted octanol–water partition coefficient (Wildman–Crippen LogP) is 8.21. The van der Waals surface area contributed by atoms with Crippen molar-refractivity contribution in [2.45, 2.75) is 65.0 Å². The largest absolute Gasteiger partial charge is 0.348 e. The normalized spacial score (nSPS) is 15.3. The van der Waals surface area contributed by atoms with E-state index in [0.717, 1.165) is 84.3 Å². The maximum absolute atomic E-state index is 13.1. The Hall–Kier alpha value is -4.79. The fraction of sp³-hybridized carbons (Fsp3) is 0.368. The molecule has 8 heterocycles. The standard InChI is InChI=1S/C20H23N5OS.C18H18ClN5OS/c1-3-15-11-16-18(27-15)17(19(26)25-9-4-5-10-25)24-20(23-16)22-13(2)14-7-6-8-21-12-14;1-11(12-5-4-6-20-10-12)21-18-22-13-9-14(19)26-16(13)15(23-18)17(25)24-7-2-3-8-24/h6-8,11-13H,3-5,9-10H2,1-2H3,(H,22,23,24);4-6,9-11H,2-3,7-8H2,1H3,(H,21,22,23)/t13-;11-/m00/s1. The molecule has 0 radical (unpaired) electrons. The lowest BCUT2D eigenvalue weighted by atomic mass is 10.1. The van der Waals surface area contributed by atoms with E-state index < -0.39 is 0 Å². The summed E-state index contributed by atoms with van der Waals surface area (Å²) in [6.45, 7) is 9.33. The fourth-order valence-corrected chi connectivity index (χ4v) is 8.59. The van der Waals surface area contributed by atoms with E-state index in [1.807, 2.05) is 54.1 Å². The average molecular weight is 769 g/mol. The Morgan fingerprint density at radius 1 is 0.736 bits per heavy atom. The molecule has 53 heavy (non-hydrogen) atoms. The summed E-state index contributed by atoms with van der Waals surface area (Å²) >= 11 is 9.14. The highest BCUT2D eigenvalue weighted by Crippen LogP contribution is 2.33. The number of hydrogen-bond acceptors (Lipinski definition) is 12.